The first-order chi connectivity index (χ1) is 9.45. The zero-order valence-electron chi connectivity index (χ0n) is 11.1. The summed E-state index contributed by atoms with van der Waals surface area (Å²) in [6.45, 7) is 3.27. The van der Waals surface area contributed by atoms with Gasteiger partial charge in [-0.1, -0.05) is 5.16 Å². The molecular formula is C12H14N4O4. The van der Waals surface area contributed by atoms with Gasteiger partial charge >= 0.3 is 0 Å². The first-order valence-electron chi connectivity index (χ1n) is 5.92. The van der Waals surface area contributed by atoms with Crippen LogP contribution in [-0.4, -0.2) is 25.7 Å². The fourth-order valence-electron chi connectivity index (χ4n) is 1.70. The second-order valence-corrected chi connectivity index (χ2v) is 4.29. The minimum atomic E-state index is -0.439. The lowest BCUT2D eigenvalue weighted by Crippen LogP contribution is -2.32. The van der Waals surface area contributed by atoms with Crippen LogP contribution in [0.15, 0.2) is 21.5 Å². The predicted molar refractivity (Wildman–Crippen MR) is 68.0 cm³/mol. The normalized spacial score (nSPS) is 10.5. The van der Waals surface area contributed by atoms with Gasteiger partial charge in [-0.25, -0.2) is 0 Å². The zero-order valence-corrected chi connectivity index (χ0v) is 11.1. The Hall–Kier alpha value is -2.64. The lowest BCUT2D eigenvalue weighted by molar-refractivity contribution is -0.122. The Bertz CT molecular complexity index is 689. The van der Waals surface area contributed by atoms with Crippen LogP contribution in [0.3, 0.4) is 0 Å². The Morgan fingerprint density at radius 1 is 1.45 bits per heavy atom. The molecule has 2 N–H and O–H groups in total. The Morgan fingerprint density at radius 3 is 2.80 bits per heavy atom. The van der Waals surface area contributed by atoms with Crippen molar-refractivity contribution in [2.75, 3.05) is 0 Å². The molecular weight excluding hydrogens is 264 g/mol. The van der Waals surface area contributed by atoms with Crippen LogP contribution in [0.2, 0.25) is 0 Å². The molecule has 0 spiro atoms. The van der Waals surface area contributed by atoms with Crippen molar-refractivity contribution in [2.24, 2.45) is 0 Å². The highest BCUT2D eigenvalue weighted by molar-refractivity contribution is 5.75. The lowest BCUT2D eigenvalue weighted by atomic mass is 10.3. The van der Waals surface area contributed by atoms with Crippen molar-refractivity contribution in [3.63, 3.8) is 0 Å². The number of nitrogens with one attached hydrogen (secondary N) is 1. The third-order valence-corrected chi connectivity index (χ3v) is 2.63. The van der Waals surface area contributed by atoms with Crippen LogP contribution in [-0.2, 0) is 17.9 Å². The molecule has 0 aliphatic rings. The molecule has 0 aliphatic carbocycles. The van der Waals surface area contributed by atoms with E-state index in [1.165, 1.54) is 10.6 Å². The maximum atomic E-state index is 11.8. The SMILES string of the molecule is Cc1noc(CNC(=O)Cn2c(C)cc(O)cc2=O)n1. The van der Waals surface area contributed by atoms with E-state index in [1.54, 1.807) is 13.8 Å². The molecule has 0 aromatic carbocycles. The van der Waals surface area contributed by atoms with Crippen molar-refractivity contribution in [3.8, 4) is 5.75 Å². The quantitative estimate of drug-likeness (QED) is 0.806. The van der Waals surface area contributed by atoms with Gasteiger partial charge in [-0.15, -0.1) is 0 Å². The Balaban J connectivity index is 2.00. The van der Waals surface area contributed by atoms with Gasteiger partial charge in [-0.05, 0) is 19.9 Å². The Kier molecular flexibility index (Phi) is 3.83. The summed E-state index contributed by atoms with van der Waals surface area (Å²) in [6, 6.07) is 2.47. The van der Waals surface area contributed by atoms with Crippen molar-refractivity contribution < 1.29 is 14.4 Å². The van der Waals surface area contributed by atoms with Crippen molar-refractivity contribution in [1.82, 2.24) is 20.0 Å². The molecule has 1 amide bonds. The van der Waals surface area contributed by atoms with E-state index in [9.17, 15) is 14.7 Å². The molecule has 2 aromatic heterocycles. The van der Waals surface area contributed by atoms with E-state index < -0.39 is 5.56 Å². The molecule has 0 fully saturated rings. The number of aromatic nitrogens is 3. The minimum Gasteiger partial charge on any atom is -0.508 e. The summed E-state index contributed by atoms with van der Waals surface area (Å²) in [7, 11) is 0. The van der Waals surface area contributed by atoms with Gasteiger partial charge in [-0.2, -0.15) is 4.98 Å². The summed E-state index contributed by atoms with van der Waals surface area (Å²) in [5, 5.41) is 15.4. The van der Waals surface area contributed by atoms with E-state index in [1.807, 2.05) is 0 Å². The van der Waals surface area contributed by atoms with E-state index in [0.717, 1.165) is 6.07 Å². The second kappa shape index (κ2) is 5.55. The average molecular weight is 278 g/mol. The molecule has 0 radical (unpaired) electrons. The number of aryl methyl sites for hydroxylation is 2. The molecule has 2 heterocycles. The maximum Gasteiger partial charge on any atom is 0.254 e. The smallest absolute Gasteiger partial charge is 0.254 e. The van der Waals surface area contributed by atoms with Gasteiger partial charge in [0.2, 0.25) is 11.8 Å². The molecule has 2 rings (SSSR count). The number of carbonyl (C=O) groups excluding carboxylic acids is 1. The minimum absolute atomic E-state index is 0.103. The van der Waals surface area contributed by atoms with E-state index >= 15 is 0 Å². The van der Waals surface area contributed by atoms with Gasteiger partial charge < -0.3 is 19.5 Å². The van der Waals surface area contributed by atoms with Gasteiger partial charge in [0.05, 0.1) is 6.54 Å². The second-order valence-electron chi connectivity index (χ2n) is 4.29. The molecule has 20 heavy (non-hydrogen) atoms. The summed E-state index contributed by atoms with van der Waals surface area (Å²) in [5.41, 5.74) is 0.0602. The van der Waals surface area contributed by atoms with E-state index in [4.69, 9.17) is 4.52 Å². The average Bonchev–Trinajstić information content (AvgIpc) is 2.77. The molecule has 8 heteroatoms. The van der Waals surface area contributed by atoms with Crippen LogP contribution in [0.4, 0.5) is 0 Å². The fraction of sp³-hybridized carbons (Fsp3) is 0.333. The number of hydrogen-bond acceptors (Lipinski definition) is 6. The summed E-state index contributed by atoms with van der Waals surface area (Å²) < 4.78 is 6.11. The topological polar surface area (TPSA) is 110 Å². The molecule has 0 bridgehead atoms. The van der Waals surface area contributed by atoms with Crippen molar-refractivity contribution in [3.05, 3.63) is 39.9 Å². The number of hydrogen-bond donors (Lipinski definition) is 2. The number of rotatable bonds is 4. The van der Waals surface area contributed by atoms with E-state index in [-0.39, 0.29) is 24.7 Å². The first kappa shape index (κ1) is 13.8. The highest BCUT2D eigenvalue weighted by Crippen LogP contribution is 2.06. The largest absolute Gasteiger partial charge is 0.508 e. The maximum absolute atomic E-state index is 11.8. The summed E-state index contributed by atoms with van der Waals surface area (Å²) in [6.07, 6.45) is 0. The standard InChI is InChI=1S/C12H14N4O4/c1-7-3-9(17)4-12(19)16(7)6-10(18)13-5-11-14-8(2)15-20-11/h3-4,17H,5-6H2,1-2H3,(H,13,18). The molecule has 106 valence electrons. The van der Waals surface area contributed by atoms with Gasteiger partial charge in [-0.3, -0.25) is 9.59 Å². The molecule has 8 nitrogen and oxygen atoms in total. The van der Waals surface area contributed by atoms with Gasteiger partial charge in [0.15, 0.2) is 5.82 Å². The molecule has 0 saturated heterocycles. The molecule has 0 aliphatic heterocycles. The number of amides is 1. The number of carbonyl (C=O) groups is 1. The van der Waals surface area contributed by atoms with Crippen LogP contribution >= 0.6 is 0 Å². The van der Waals surface area contributed by atoms with Crippen LogP contribution in [0, 0.1) is 13.8 Å². The fourth-order valence-corrected chi connectivity index (χ4v) is 1.70. The van der Waals surface area contributed by atoms with Crippen molar-refractivity contribution >= 4 is 5.91 Å². The third kappa shape index (κ3) is 3.22. The monoisotopic (exact) mass is 278 g/mol. The third-order valence-electron chi connectivity index (χ3n) is 2.63. The Labute approximate surface area is 114 Å². The zero-order chi connectivity index (χ0) is 14.7. The summed E-state index contributed by atoms with van der Waals surface area (Å²) in [4.78, 5) is 27.4. The van der Waals surface area contributed by atoms with Crippen molar-refractivity contribution in [2.45, 2.75) is 26.9 Å². The summed E-state index contributed by atoms with van der Waals surface area (Å²) >= 11 is 0. The molecule has 2 aromatic rings. The Morgan fingerprint density at radius 2 is 2.20 bits per heavy atom. The van der Waals surface area contributed by atoms with Gasteiger partial charge in [0.1, 0.15) is 12.3 Å². The predicted octanol–water partition coefficient (Wildman–Crippen LogP) is -0.130. The number of pyridine rings is 1. The molecule has 0 saturated carbocycles. The molecule has 0 unspecified atom stereocenters. The van der Waals surface area contributed by atoms with Gasteiger partial charge in [0.25, 0.3) is 5.56 Å². The highest BCUT2D eigenvalue weighted by Gasteiger charge is 2.09. The van der Waals surface area contributed by atoms with E-state index in [2.05, 4.69) is 15.5 Å². The first-order valence-corrected chi connectivity index (χ1v) is 5.92. The van der Waals surface area contributed by atoms with Crippen LogP contribution in [0.5, 0.6) is 5.75 Å². The highest BCUT2D eigenvalue weighted by atomic mass is 16.5. The lowest BCUT2D eigenvalue weighted by Gasteiger charge is -2.09. The van der Waals surface area contributed by atoms with E-state index in [0.29, 0.717) is 17.4 Å². The summed E-state index contributed by atoms with van der Waals surface area (Å²) in [5.74, 6) is 0.299. The van der Waals surface area contributed by atoms with Crippen LogP contribution in [0.25, 0.3) is 0 Å². The van der Waals surface area contributed by atoms with Crippen molar-refractivity contribution in [1.29, 1.82) is 0 Å². The number of nitrogens with zero attached hydrogens (tertiary/aromatic N) is 3. The molecule has 0 atom stereocenters. The number of aromatic hydroxyl groups is 1. The van der Waals surface area contributed by atoms with Gasteiger partial charge in [0, 0.05) is 11.8 Å². The van der Waals surface area contributed by atoms with Crippen LogP contribution in [0.1, 0.15) is 17.4 Å². The van der Waals surface area contributed by atoms with Crippen LogP contribution < -0.4 is 10.9 Å².